The summed E-state index contributed by atoms with van der Waals surface area (Å²) in [6.45, 7) is 0. The second kappa shape index (κ2) is 5.63. The third-order valence-electron chi connectivity index (χ3n) is 3.32. The lowest BCUT2D eigenvalue weighted by atomic mass is 9.87. The lowest BCUT2D eigenvalue weighted by Crippen LogP contribution is -2.15. The molecule has 104 valence electrons. The topological polar surface area (TPSA) is 66.0 Å². The Labute approximate surface area is 122 Å². The van der Waals surface area contributed by atoms with Crippen molar-refractivity contribution >= 4 is 5.78 Å². The van der Waals surface area contributed by atoms with Crippen molar-refractivity contribution < 1.29 is 9.90 Å². The van der Waals surface area contributed by atoms with E-state index >= 15 is 0 Å². The van der Waals surface area contributed by atoms with Crippen LogP contribution in [-0.2, 0) is 0 Å². The van der Waals surface area contributed by atoms with Gasteiger partial charge in [0.15, 0.2) is 5.82 Å². The van der Waals surface area contributed by atoms with Gasteiger partial charge in [0.05, 0.1) is 12.1 Å². The number of rotatable bonds is 4. The molecule has 0 saturated carbocycles. The molecule has 0 unspecified atom stereocenters. The second-order valence-corrected chi connectivity index (χ2v) is 4.74. The summed E-state index contributed by atoms with van der Waals surface area (Å²) in [5.41, 5.74) is 1.79. The fourth-order valence-electron chi connectivity index (χ4n) is 2.36. The minimum absolute atomic E-state index is 0.113. The molecule has 1 aromatic heterocycles. The van der Waals surface area contributed by atoms with Crippen molar-refractivity contribution in [3.63, 3.8) is 0 Å². The number of aromatic hydroxyl groups is 1. The Bertz CT molecular complexity index is 696. The van der Waals surface area contributed by atoms with Gasteiger partial charge >= 0.3 is 0 Å². The van der Waals surface area contributed by atoms with E-state index in [0.717, 1.165) is 11.1 Å². The van der Waals surface area contributed by atoms with Crippen LogP contribution in [0.4, 0.5) is 0 Å². The van der Waals surface area contributed by atoms with Crippen LogP contribution in [0, 0.1) is 0 Å². The van der Waals surface area contributed by atoms with Crippen molar-refractivity contribution in [2.24, 2.45) is 0 Å². The first-order valence-electron chi connectivity index (χ1n) is 6.64. The van der Waals surface area contributed by atoms with Gasteiger partial charge in [0.1, 0.15) is 0 Å². The monoisotopic (exact) mass is 278 g/mol. The van der Waals surface area contributed by atoms with Gasteiger partial charge in [-0.1, -0.05) is 60.7 Å². The van der Waals surface area contributed by atoms with E-state index in [0.29, 0.717) is 0 Å². The molecule has 0 spiro atoms. The average molecular weight is 278 g/mol. The number of H-pyrrole nitrogens is 1. The summed E-state index contributed by atoms with van der Waals surface area (Å²) in [6.07, 6.45) is 1.24. The molecule has 4 heteroatoms. The van der Waals surface area contributed by atoms with Gasteiger partial charge in [-0.25, -0.2) is 4.98 Å². The standard InChI is InChI=1S/C17H14N2O2/c20-14-11-18-17(19-14)16(21)15(12-7-3-1-4-8-12)13-9-5-2-6-10-13/h1-11,15,20H,(H,18,19). The highest BCUT2D eigenvalue weighted by atomic mass is 16.3. The van der Waals surface area contributed by atoms with Crippen LogP contribution in [0.15, 0.2) is 66.9 Å². The van der Waals surface area contributed by atoms with Gasteiger partial charge < -0.3 is 10.1 Å². The van der Waals surface area contributed by atoms with Crippen LogP contribution in [0.1, 0.15) is 27.7 Å². The molecule has 4 nitrogen and oxygen atoms in total. The Morgan fingerprint density at radius 3 is 1.90 bits per heavy atom. The second-order valence-electron chi connectivity index (χ2n) is 4.74. The summed E-state index contributed by atoms with van der Waals surface area (Å²) in [6, 6.07) is 19.1. The largest absolute Gasteiger partial charge is 0.493 e. The van der Waals surface area contributed by atoms with Crippen molar-refractivity contribution in [1.29, 1.82) is 0 Å². The van der Waals surface area contributed by atoms with Gasteiger partial charge in [0.25, 0.3) is 0 Å². The number of nitrogens with zero attached hydrogens (tertiary/aromatic N) is 1. The van der Waals surface area contributed by atoms with E-state index in [1.54, 1.807) is 0 Å². The predicted molar refractivity (Wildman–Crippen MR) is 79.3 cm³/mol. The molecule has 0 aliphatic heterocycles. The number of nitrogens with one attached hydrogen (secondary N) is 1. The lowest BCUT2D eigenvalue weighted by molar-refractivity contribution is 0.0964. The van der Waals surface area contributed by atoms with Gasteiger partial charge in [0.2, 0.25) is 11.7 Å². The van der Waals surface area contributed by atoms with Crippen molar-refractivity contribution in [2.75, 3.05) is 0 Å². The van der Waals surface area contributed by atoms with Gasteiger partial charge in [-0.15, -0.1) is 0 Å². The Balaban J connectivity index is 2.07. The van der Waals surface area contributed by atoms with Gasteiger partial charge in [-0.3, -0.25) is 4.79 Å². The molecule has 2 N–H and O–H groups in total. The van der Waals surface area contributed by atoms with E-state index in [2.05, 4.69) is 9.97 Å². The first kappa shape index (κ1) is 13.1. The zero-order chi connectivity index (χ0) is 14.7. The highest BCUT2D eigenvalue weighted by Gasteiger charge is 2.25. The maximum atomic E-state index is 12.8. The fraction of sp³-hybridized carbons (Fsp3) is 0.0588. The third-order valence-corrected chi connectivity index (χ3v) is 3.32. The van der Waals surface area contributed by atoms with Crippen molar-refractivity contribution in [3.8, 4) is 5.88 Å². The number of carbonyl (C=O) groups is 1. The van der Waals surface area contributed by atoms with E-state index < -0.39 is 5.92 Å². The average Bonchev–Trinajstić information content (AvgIpc) is 2.96. The number of carbonyl (C=O) groups excluding carboxylic acids is 1. The molecule has 3 aromatic rings. The number of benzene rings is 2. The molecule has 21 heavy (non-hydrogen) atoms. The van der Waals surface area contributed by atoms with E-state index in [1.807, 2.05) is 60.7 Å². The minimum Gasteiger partial charge on any atom is -0.493 e. The highest BCUT2D eigenvalue weighted by molar-refractivity contribution is 6.00. The van der Waals surface area contributed by atoms with E-state index in [1.165, 1.54) is 6.20 Å². The number of Topliss-reactive ketones (excluding diaryl/α,β-unsaturated/α-hetero) is 1. The quantitative estimate of drug-likeness (QED) is 0.720. The maximum absolute atomic E-state index is 12.8. The zero-order valence-electron chi connectivity index (χ0n) is 11.2. The molecule has 0 aliphatic carbocycles. The number of imidazole rings is 1. The highest BCUT2D eigenvalue weighted by Crippen LogP contribution is 2.27. The van der Waals surface area contributed by atoms with Crippen LogP contribution in [-0.4, -0.2) is 20.9 Å². The molecule has 0 fully saturated rings. The zero-order valence-corrected chi connectivity index (χ0v) is 11.2. The maximum Gasteiger partial charge on any atom is 0.209 e. The van der Waals surface area contributed by atoms with Crippen LogP contribution >= 0.6 is 0 Å². The Hall–Kier alpha value is -2.88. The lowest BCUT2D eigenvalue weighted by Gasteiger charge is -2.15. The van der Waals surface area contributed by atoms with Crippen molar-refractivity contribution in [3.05, 3.63) is 83.8 Å². The molecule has 0 radical (unpaired) electrons. The normalized spacial score (nSPS) is 10.7. The van der Waals surface area contributed by atoms with Crippen LogP contribution in [0.3, 0.4) is 0 Å². The summed E-state index contributed by atoms with van der Waals surface area (Å²) < 4.78 is 0. The molecular formula is C17H14N2O2. The van der Waals surface area contributed by atoms with E-state index in [4.69, 9.17) is 0 Å². The van der Waals surface area contributed by atoms with Gasteiger partial charge in [-0.05, 0) is 11.1 Å². The number of aromatic amines is 1. The molecular weight excluding hydrogens is 264 g/mol. The first-order chi connectivity index (χ1) is 10.3. The van der Waals surface area contributed by atoms with E-state index in [9.17, 15) is 9.90 Å². The molecule has 0 saturated heterocycles. The molecule has 1 heterocycles. The van der Waals surface area contributed by atoms with Crippen molar-refractivity contribution in [2.45, 2.75) is 5.92 Å². The fourth-order valence-corrected chi connectivity index (χ4v) is 2.36. The van der Waals surface area contributed by atoms with Crippen molar-refractivity contribution in [1.82, 2.24) is 9.97 Å². The first-order valence-corrected chi connectivity index (χ1v) is 6.64. The van der Waals surface area contributed by atoms with E-state index in [-0.39, 0.29) is 17.5 Å². The molecule has 0 bridgehead atoms. The Kier molecular flexibility index (Phi) is 3.51. The van der Waals surface area contributed by atoms with Crippen LogP contribution in [0.2, 0.25) is 0 Å². The molecule has 0 amide bonds. The minimum atomic E-state index is -0.446. The van der Waals surface area contributed by atoms with Gasteiger partial charge in [0, 0.05) is 0 Å². The Morgan fingerprint density at radius 2 is 1.48 bits per heavy atom. The number of ketones is 1. The summed E-state index contributed by atoms with van der Waals surface area (Å²) >= 11 is 0. The van der Waals surface area contributed by atoms with Gasteiger partial charge in [-0.2, -0.15) is 0 Å². The molecule has 0 aliphatic rings. The SMILES string of the molecule is O=C(c1ncc(O)[nH]1)C(c1ccccc1)c1ccccc1. The summed E-state index contributed by atoms with van der Waals surface area (Å²) in [5, 5.41) is 9.35. The Morgan fingerprint density at radius 1 is 0.952 bits per heavy atom. The van der Waals surface area contributed by atoms with Crippen LogP contribution < -0.4 is 0 Å². The summed E-state index contributed by atoms with van der Waals surface area (Å²) in [7, 11) is 0. The van der Waals surface area contributed by atoms with Crippen LogP contribution in [0.25, 0.3) is 0 Å². The number of aromatic nitrogens is 2. The number of hydrogen-bond acceptors (Lipinski definition) is 3. The summed E-state index contributed by atoms with van der Waals surface area (Å²) in [5.74, 6) is -0.575. The third kappa shape index (κ3) is 2.69. The van der Waals surface area contributed by atoms with Crippen LogP contribution in [0.5, 0.6) is 5.88 Å². The molecule has 0 atom stereocenters. The predicted octanol–water partition coefficient (Wildman–Crippen LogP) is 3.13. The smallest absolute Gasteiger partial charge is 0.209 e. The molecule has 3 rings (SSSR count). The molecule has 2 aromatic carbocycles. The number of hydrogen-bond donors (Lipinski definition) is 2. The summed E-state index contributed by atoms with van der Waals surface area (Å²) in [4.78, 5) is 19.3.